The van der Waals surface area contributed by atoms with Crippen LogP contribution in [0.15, 0.2) is 62.5 Å². The molecule has 0 aliphatic heterocycles. The van der Waals surface area contributed by atoms with Crippen LogP contribution in [0.5, 0.6) is 0 Å². The van der Waals surface area contributed by atoms with Crippen molar-refractivity contribution in [1.82, 2.24) is 5.32 Å². The van der Waals surface area contributed by atoms with E-state index >= 15 is 0 Å². The number of hydrogen-bond acceptors (Lipinski definition) is 10. The maximum Gasteiger partial charge on any atom is 0.413 e. The lowest BCUT2D eigenvalue weighted by molar-refractivity contribution is 0.0376. The van der Waals surface area contributed by atoms with Gasteiger partial charge in [0.2, 0.25) is 9.84 Å². The largest absolute Gasteiger partial charge is 0.459 e. The van der Waals surface area contributed by atoms with E-state index in [2.05, 4.69) is 5.32 Å². The monoisotopic (exact) mass is 620 g/mol. The van der Waals surface area contributed by atoms with Crippen molar-refractivity contribution < 1.29 is 35.9 Å². The van der Waals surface area contributed by atoms with Gasteiger partial charge in [0.15, 0.2) is 9.84 Å². The van der Waals surface area contributed by atoms with Crippen molar-refractivity contribution in [3.63, 3.8) is 0 Å². The highest BCUT2D eigenvalue weighted by atomic mass is 32.2. The predicted octanol–water partition coefficient (Wildman–Crippen LogP) is 5.38. The van der Waals surface area contributed by atoms with Gasteiger partial charge in [0.1, 0.15) is 20.5 Å². The zero-order chi connectivity index (χ0) is 30.9. The lowest BCUT2D eigenvalue weighted by Gasteiger charge is -2.19. The number of amidine groups is 1. The number of amides is 1. The predicted molar refractivity (Wildman–Crippen MR) is 156 cm³/mol. The van der Waals surface area contributed by atoms with Crippen LogP contribution in [0.4, 0.5) is 4.79 Å². The SMILES string of the molecule is Cc1c(C(=O)OC(C)C)cccc1-c1cccc(S(=O)(=O)c2cc(C(=N)NC(=O)OC(C)(C)C)sc2S(C)(=O)=O)c1. The van der Waals surface area contributed by atoms with Gasteiger partial charge >= 0.3 is 12.1 Å². The van der Waals surface area contributed by atoms with E-state index in [0.29, 0.717) is 33.6 Å². The maximum atomic E-state index is 13.8. The Hall–Kier alpha value is -3.55. The third-order valence-corrected chi connectivity index (χ3v) is 10.5. The van der Waals surface area contributed by atoms with Crippen LogP contribution in [0.25, 0.3) is 11.1 Å². The quantitative estimate of drug-likeness (QED) is 0.203. The summed E-state index contributed by atoms with van der Waals surface area (Å²) < 4.78 is 62.8. The first-order valence-corrected chi connectivity index (χ1v) is 16.6. The van der Waals surface area contributed by atoms with Crippen LogP contribution in [-0.2, 0) is 29.1 Å². The van der Waals surface area contributed by atoms with E-state index in [0.717, 1.165) is 12.3 Å². The van der Waals surface area contributed by atoms with Crippen LogP contribution < -0.4 is 5.32 Å². The molecule has 41 heavy (non-hydrogen) atoms. The lowest BCUT2D eigenvalue weighted by Crippen LogP contribution is -2.36. The Bertz CT molecular complexity index is 1730. The molecule has 3 rings (SSSR count). The minimum Gasteiger partial charge on any atom is -0.459 e. The smallest absolute Gasteiger partial charge is 0.413 e. The molecule has 0 saturated carbocycles. The average Bonchev–Trinajstić information content (AvgIpc) is 3.30. The second kappa shape index (κ2) is 11.7. The molecule has 0 bridgehead atoms. The van der Waals surface area contributed by atoms with E-state index in [1.807, 2.05) is 0 Å². The molecule has 0 unspecified atom stereocenters. The molecule has 1 aromatic heterocycles. The fourth-order valence-electron chi connectivity index (χ4n) is 3.80. The molecule has 2 aromatic carbocycles. The zero-order valence-electron chi connectivity index (χ0n) is 23.7. The second-order valence-electron chi connectivity index (χ2n) is 10.5. The Morgan fingerprint density at radius 2 is 1.63 bits per heavy atom. The minimum absolute atomic E-state index is 0.0850. The number of sulfone groups is 2. The number of benzene rings is 2. The van der Waals surface area contributed by atoms with Crippen molar-refractivity contribution in [1.29, 1.82) is 5.41 Å². The molecule has 0 spiro atoms. The number of rotatable bonds is 7. The van der Waals surface area contributed by atoms with Gasteiger partial charge in [-0.05, 0) is 82.5 Å². The van der Waals surface area contributed by atoms with E-state index in [4.69, 9.17) is 14.9 Å². The summed E-state index contributed by atoms with van der Waals surface area (Å²) in [6, 6.07) is 12.0. The summed E-state index contributed by atoms with van der Waals surface area (Å²) in [5.41, 5.74) is 1.16. The summed E-state index contributed by atoms with van der Waals surface area (Å²) in [7, 11) is -8.45. The summed E-state index contributed by atoms with van der Waals surface area (Å²) in [6.07, 6.45) is -0.392. The van der Waals surface area contributed by atoms with Gasteiger partial charge in [-0.1, -0.05) is 24.3 Å². The van der Waals surface area contributed by atoms with Crippen LogP contribution in [-0.4, -0.2) is 52.7 Å². The first-order chi connectivity index (χ1) is 18.8. The van der Waals surface area contributed by atoms with Crippen LogP contribution in [0.1, 0.15) is 55.4 Å². The Balaban J connectivity index is 2.07. The second-order valence-corrected chi connectivity index (χ2v) is 15.7. The fourth-order valence-corrected chi connectivity index (χ4v) is 8.39. The van der Waals surface area contributed by atoms with Crippen molar-refractivity contribution >= 4 is 48.9 Å². The van der Waals surface area contributed by atoms with E-state index in [1.54, 1.807) is 65.8 Å². The Morgan fingerprint density at radius 3 is 2.22 bits per heavy atom. The van der Waals surface area contributed by atoms with E-state index < -0.39 is 52.3 Å². The van der Waals surface area contributed by atoms with Gasteiger partial charge in [-0.15, -0.1) is 11.3 Å². The minimum atomic E-state index is -4.41. The van der Waals surface area contributed by atoms with Crippen molar-refractivity contribution in [3.8, 4) is 11.1 Å². The molecule has 0 atom stereocenters. The maximum absolute atomic E-state index is 13.8. The Morgan fingerprint density at radius 1 is 1.00 bits per heavy atom. The first-order valence-electron chi connectivity index (χ1n) is 12.4. The molecule has 0 fully saturated rings. The highest BCUT2D eigenvalue weighted by Gasteiger charge is 2.31. The molecular weight excluding hydrogens is 589 g/mol. The third kappa shape index (κ3) is 7.60. The number of hydrogen-bond donors (Lipinski definition) is 2. The molecular formula is C28H32N2O8S3. The van der Waals surface area contributed by atoms with Gasteiger partial charge in [-0.2, -0.15) is 0 Å². The van der Waals surface area contributed by atoms with Crippen LogP contribution in [0.2, 0.25) is 0 Å². The van der Waals surface area contributed by atoms with Crippen LogP contribution >= 0.6 is 11.3 Å². The number of alkyl carbamates (subject to hydrolysis) is 1. The summed E-state index contributed by atoms with van der Waals surface area (Å²) in [5, 5.41) is 10.4. The summed E-state index contributed by atoms with van der Waals surface area (Å²) in [6.45, 7) is 10.1. The molecule has 0 saturated heterocycles. The third-order valence-electron chi connectivity index (χ3n) is 5.52. The van der Waals surface area contributed by atoms with Crippen LogP contribution in [0, 0.1) is 12.3 Å². The van der Waals surface area contributed by atoms with Crippen LogP contribution in [0.3, 0.4) is 0 Å². The molecule has 13 heteroatoms. The molecule has 0 aliphatic rings. The van der Waals surface area contributed by atoms with Gasteiger partial charge in [0, 0.05) is 6.26 Å². The van der Waals surface area contributed by atoms with Crippen molar-refractivity contribution in [2.24, 2.45) is 0 Å². The summed E-state index contributed by atoms with van der Waals surface area (Å²) >= 11 is 0.556. The van der Waals surface area contributed by atoms with E-state index in [9.17, 15) is 26.4 Å². The van der Waals surface area contributed by atoms with Gasteiger partial charge in [0.05, 0.1) is 21.4 Å². The van der Waals surface area contributed by atoms with E-state index in [1.165, 1.54) is 18.2 Å². The number of thiophene rings is 1. The van der Waals surface area contributed by atoms with Gasteiger partial charge in [0.25, 0.3) is 0 Å². The normalized spacial score (nSPS) is 12.2. The van der Waals surface area contributed by atoms with Crippen molar-refractivity contribution in [2.75, 3.05) is 6.26 Å². The Kier molecular flexibility index (Phi) is 9.16. The number of esters is 1. The molecule has 2 N–H and O–H groups in total. The molecule has 1 amide bonds. The zero-order valence-corrected chi connectivity index (χ0v) is 26.1. The molecule has 3 aromatic rings. The van der Waals surface area contributed by atoms with Crippen molar-refractivity contribution in [2.45, 2.75) is 67.2 Å². The number of nitrogens with one attached hydrogen (secondary N) is 2. The highest BCUT2D eigenvalue weighted by Crippen LogP contribution is 2.36. The molecule has 0 radical (unpaired) electrons. The summed E-state index contributed by atoms with van der Waals surface area (Å²) in [4.78, 5) is 23.9. The standard InChI is InChI=1S/C28H32N2O8S3/c1-16(2)37-25(31)21-13-9-12-20(17(21)3)18-10-8-11-19(14-18)41(35,36)23-15-22(39-26(23)40(7,33)34)24(29)30-27(32)38-28(4,5)6/h8-16H,1-7H3,(H2,29,30,32). The van der Waals surface area contributed by atoms with Crippen molar-refractivity contribution in [3.05, 3.63) is 64.5 Å². The summed E-state index contributed by atoms with van der Waals surface area (Å²) in [5.74, 6) is -1.01. The molecule has 1 heterocycles. The molecule has 10 nitrogen and oxygen atoms in total. The van der Waals surface area contributed by atoms with Gasteiger partial charge in [-0.3, -0.25) is 10.7 Å². The van der Waals surface area contributed by atoms with Gasteiger partial charge in [-0.25, -0.2) is 26.4 Å². The Labute approximate surface area is 244 Å². The lowest BCUT2D eigenvalue weighted by atomic mass is 9.96. The highest BCUT2D eigenvalue weighted by molar-refractivity contribution is 7.95. The number of carbonyl (C=O) groups is 2. The number of carbonyl (C=O) groups excluding carboxylic acids is 2. The number of ether oxygens (including phenoxy) is 2. The fraction of sp³-hybridized carbons (Fsp3) is 0.321. The topological polar surface area (TPSA) is 157 Å². The molecule has 220 valence electrons. The molecule has 0 aliphatic carbocycles. The average molecular weight is 621 g/mol. The van der Waals surface area contributed by atoms with E-state index in [-0.39, 0.29) is 15.9 Å². The first kappa shape index (κ1) is 32.0. The van der Waals surface area contributed by atoms with Gasteiger partial charge < -0.3 is 9.47 Å².